The van der Waals surface area contributed by atoms with E-state index >= 15 is 0 Å². The Morgan fingerprint density at radius 1 is 1.25 bits per heavy atom. The van der Waals surface area contributed by atoms with E-state index in [1.54, 1.807) is 25.4 Å². The lowest BCUT2D eigenvalue weighted by Crippen LogP contribution is -2.41. The molecule has 0 radical (unpaired) electrons. The van der Waals surface area contributed by atoms with Crippen molar-refractivity contribution in [2.24, 2.45) is 0 Å². The largest absolute Gasteiger partial charge is 0.390 e. The van der Waals surface area contributed by atoms with Crippen molar-refractivity contribution < 1.29 is 22.7 Å². The minimum absolute atomic E-state index is 0.0553. The fourth-order valence-electron chi connectivity index (χ4n) is 4.88. The molecule has 13 heteroatoms. The molecule has 2 saturated heterocycles. The Morgan fingerprint density at radius 2 is 2.10 bits per heavy atom. The summed E-state index contributed by atoms with van der Waals surface area (Å²) in [6.07, 6.45) is 8.58. The van der Waals surface area contributed by atoms with Gasteiger partial charge in [0.25, 0.3) is 10.0 Å². The monoisotopic (exact) mass is 567 g/mol. The number of anilines is 2. The highest BCUT2D eigenvalue weighted by atomic mass is 32.2. The Kier molecular flexibility index (Phi) is 6.82. The summed E-state index contributed by atoms with van der Waals surface area (Å²) in [5.74, 6) is 6.92. The lowest BCUT2D eigenvalue weighted by Gasteiger charge is -2.35. The van der Waals surface area contributed by atoms with Gasteiger partial charge in [0.1, 0.15) is 11.6 Å². The van der Waals surface area contributed by atoms with Crippen LogP contribution in [0.15, 0.2) is 36.9 Å². The Labute approximate surface area is 231 Å². The van der Waals surface area contributed by atoms with E-state index < -0.39 is 21.3 Å². The molecule has 0 bridgehead atoms. The molecule has 0 amide bonds. The standard InChI is InChI=1S/C27H30FN7O4S/c1-26(36)7-10-29-22(13-26)21-12-24(31-14-18(21)4-6-27(28)8-11-39-17-27)33-23-5-9-30-25(34-23)19-15-32-35(16-19)40(37,38)20-2-3-20/h5,9,12,14-16,20,22,29,36H,2-3,7-8,10-11,13,17H2,1H3,(H,30,31,33,34). The molecule has 1 saturated carbocycles. The number of hydrogen-bond acceptors (Lipinski definition) is 10. The van der Waals surface area contributed by atoms with E-state index in [1.165, 1.54) is 12.4 Å². The van der Waals surface area contributed by atoms with E-state index in [-0.39, 0.29) is 24.3 Å². The predicted octanol–water partition coefficient (Wildman–Crippen LogP) is 2.47. The van der Waals surface area contributed by atoms with Crippen LogP contribution >= 0.6 is 0 Å². The summed E-state index contributed by atoms with van der Waals surface area (Å²) in [5.41, 5.74) is -0.720. The smallest absolute Gasteiger partial charge is 0.256 e. The highest BCUT2D eigenvalue weighted by Gasteiger charge is 2.38. The first-order valence-corrected chi connectivity index (χ1v) is 14.8. The van der Waals surface area contributed by atoms with E-state index in [2.05, 4.69) is 42.5 Å². The van der Waals surface area contributed by atoms with Gasteiger partial charge < -0.3 is 20.5 Å². The Hall–Kier alpha value is -3.44. The van der Waals surface area contributed by atoms with E-state index in [0.29, 0.717) is 67.4 Å². The van der Waals surface area contributed by atoms with Gasteiger partial charge in [-0.2, -0.15) is 9.19 Å². The van der Waals surface area contributed by atoms with Gasteiger partial charge in [-0.25, -0.2) is 27.8 Å². The molecule has 5 heterocycles. The van der Waals surface area contributed by atoms with Crippen molar-refractivity contribution in [2.45, 2.75) is 61.6 Å². The van der Waals surface area contributed by atoms with Crippen LogP contribution in [0.4, 0.5) is 16.0 Å². The topological polar surface area (TPSA) is 144 Å². The van der Waals surface area contributed by atoms with E-state index in [1.807, 2.05) is 6.07 Å². The molecule has 2 aliphatic heterocycles. The Balaban J connectivity index is 1.28. The number of pyridine rings is 1. The van der Waals surface area contributed by atoms with E-state index in [0.717, 1.165) is 9.65 Å². The third kappa shape index (κ3) is 5.71. The summed E-state index contributed by atoms with van der Waals surface area (Å²) >= 11 is 0. The molecule has 210 valence electrons. The van der Waals surface area contributed by atoms with Crippen molar-refractivity contribution >= 4 is 21.7 Å². The lowest BCUT2D eigenvalue weighted by atomic mass is 9.85. The van der Waals surface area contributed by atoms with Gasteiger partial charge in [-0.1, -0.05) is 11.8 Å². The fourth-order valence-corrected chi connectivity index (χ4v) is 6.35. The number of alkyl halides is 1. The van der Waals surface area contributed by atoms with Gasteiger partial charge in [0.15, 0.2) is 11.5 Å². The molecule has 3 aromatic heterocycles. The minimum atomic E-state index is -3.49. The van der Waals surface area contributed by atoms with Gasteiger partial charge in [0, 0.05) is 30.4 Å². The zero-order valence-corrected chi connectivity index (χ0v) is 22.8. The quantitative estimate of drug-likeness (QED) is 0.380. The molecule has 1 aliphatic carbocycles. The van der Waals surface area contributed by atoms with Gasteiger partial charge in [-0.3, -0.25) is 0 Å². The SMILES string of the molecule is CC1(O)CCNC(c2cc(Nc3ccnc(-c4cnn(S(=O)(=O)C5CC5)c4)n3)ncc2C#CC2(F)CCOC2)C1. The molecule has 3 N–H and O–H groups in total. The average Bonchev–Trinajstić information content (AvgIpc) is 3.51. The maximum atomic E-state index is 14.9. The second kappa shape index (κ2) is 10.2. The first-order chi connectivity index (χ1) is 19.1. The molecule has 40 heavy (non-hydrogen) atoms. The number of rotatable bonds is 6. The lowest BCUT2D eigenvalue weighted by molar-refractivity contribution is 0.0131. The van der Waals surface area contributed by atoms with Crippen LogP contribution in [0.25, 0.3) is 11.4 Å². The highest BCUT2D eigenvalue weighted by molar-refractivity contribution is 7.90. The van der Waals surface area contributed by atoms with Crippen molar-refractivity contribution in [2.75, 3.05) is 25.1 Å². The second-order valence-electron chi connectivity index (χ2n) is 10.9. The van der Waals surface area contributed by atoms with Crippen molar-refractivity contribution in [1.82, 2.24) is 29.5 Å². The van der Waals surface area contributed by atoms with Crippen LogP contribution in [0.2, 0.25) is 0 Å². The van der Waals surface area contributed by atoms with Crippen LogP contribution in [0.1, 0.15) is 56.2 Å². The summed E-state index contributed by atoms with van der Waals surface area (Å²) in [4.78, 5) is 13.3. The summed E-state index contributed by atoms with van der Waals surface area (Å²) in [7, 11) is -3.49. The molecule has 0 aromatic carbocycles. The van der Waals surface area contributed by atoms with Crippen molar-refractivity contribution in [3.8, 4) is 23.2 Å². The summed E-state index contributed by atoms with van der Waals surface area (Å²) in [6.45, 7) is 2.71. The van der Waals surface area contributed by atoms with Crippen LogP contribution in [-0.4, -0.2) is 73.9 Å². The van der Waals surface area contributed by atoms with Crippen LogP contribution in [-0.2, 0) is 14.8 Å². The summed E-state index contributed by atoms with van der Waals surface area (Å²) in [5, 5.41) is 21.0. The molecule has 0 spiro atoms. The normalized spacial score (nSPS) is 26.7. The Bertz CT molecular complexity index is 1590. The molecule has 3 atom stereocenters. The van der Waals surface area contributed by atoms with Gasteiger partial charge in [0.05, 0.1) is 42.0 Å². The molecule has 3 aliphatic rings. The van der Waals surface area contributed by atoms with E-state index in [4.69, 9.17) is 4.74 Å². The number of aromatic nitrogens is 5. The molecule has 3 aromatic rings. The van der Waals surface area contributed by atoms with Crippen LogP contribution in [0.5, 0.6) is 0 Å². The first kappa shape index (κ1) is 26.8. The third-order valence-electron chi connectivity index (χ3n) is 7.34. The maximum Gasteiger partial charge on any atom is 0.256 e. The van der Waals surface area contributed by atoms with Crippen LogP contribution in [0, 0.1) is 11.8 Å². The fraction of sp³-hybridized carbons (Fsp3) is 0.481. The third-order valence-corrected chi connectivity index (χ3v) is 9.38. The number of ether oxygens (including phenoxy) is 1. The minimum Gasteiger partial charge on any atom is -0.390 e. The first-order valence-electron chi connectivity index (χ1n) is 13.3. The van der Waals surface area contributed by atoms with Crippen molar-refractivity contribution in [1.29, 1.82) is 0 Å². The predicted molar refractivity (Wildman–Crippen MR) is 145 cm³/mol. The zero-order valence-electron chi connectivity index (χ0n) is 22.0. The second-order valence-corrected chi connectivity index (χ2v) is 12.9. The molecule has 11 nitrogen and oxygen atoms in total. The molecule has 6 rings (SSSR count). The van der Waals surface area contributed by atoms with Crippen LogP contribution < -0.4 is 10.6 Å². The Morgan fingerprint density at radius 3 is 2.85 bits per heavy atom. The summed E-state index contributed by atoms with van der Waals surface area (Å²) < 4.78 is 46.1. The number of hydrogen-bond donors (Lipinski definition) is 3. The number of nitrogens with zero attached hydrogens (tertiary/aromatic N) is 5. The van der Waals surface area contributed by atoms with E-state index in [9.17, 15) is 17.9 Å². The molecule has 3 fully saturated rings. The molecule has 3 unspecified atom stereocenters. The molecular weight excluding hydrogens is 537 g/mol. The average molecular weight is 568 g/mol. The van der Waals surface area contributed by atoms with Gasteiger partial charge in [-0.05, 0) is 56.8 Å². The van der Waals surface area contributed by atoms with Gasteiger partial charge >= 0.3 is 0 Å². The van der Waals surface area contributed by atoms with Gasteiger partial charge in [-0.15, -0.1) is 0 Å². The van der Waals surface area contributed by atoms with Crippen molar-refractivity contribution in [3.05, 3.63) is 48.0 Å². The number of nitrogens with one attached hydrogen (secondary N) is 2. The summed E-state index contributed by atoms with van der Waals surface area (Å²) in [6, 6.07) is 3.27. The zero-order chi connectivity index (χ0) is 28.0. The molecular formula is C27H30FN7O4S. The van der Waals surface area contributed by atoms with Crippen LogP contribution in [0.3, 0.4) is 0 Å². The van der Waals surface area contributed by atoms with Crippen molar-refractivity contribution in [3.63, 3.8) is 0 Å². The highest BCUT2D eigenvalue weighted by Crippen LogP contribution is 2.34. The number of halogens is 1. The maximum absolute atomic E-state index is 14.9. The number of aliphatic hydroxyl groups is 1. The van der Waals surface area contributed by atoms with Gasteiger partial charge in [0.2, 0.25) is 0 Å². The number of piperidine rings is 1.